The van der Waals surface area contributed by atoms with E-state index in [0.717, 1.165) is 39.7 Å². The number of allylic oxidation sites excluding steroid dienone is 5. The first-order valence-electron chi connectivity index (χ1n) is 10.2. The van der Waals surface area contributed by atoms with Crippen LogP contribution in [0.5, 0.6) is 0 Å². The zero-order chi connectivity index (χ0) is 22.8. The molecule has 1 aromatic carbocycles. The van der Waals surface area contributed by atoms with Gasteiger partial charge in [-0.05, 0) is 25.8 Å². The lowest BCUT2D eigenvalue weighted by Crippen LogP contribution is -2.26. The zero-order valence-corrected chi connectivity index (χ0v) is 19.0. The molecule has 4 heteroatoms. The van der Waals surface area contributed by atoms with E-state index in [9.17, 15) is 4.79 Å². The Morgan fingerprint density at radius 1 is 1.26 bits per heavy atom. The van der Waals surface area contributed by atoms with Gasteiger partial charge in [0, 0.05) is 41.4 Å². The number of hydrogen-bond donors (Lipinski definition) is 0. The molecule has 0 N–H and O–H groups in total. The van der Waals surface area contributed by atoms with E-state index in [-0.39, 0.29) is 5.41 Å². The number of ether oxygens (including phenoxy) is 1. The van der Waals surface area contributed by atoms with E-state index in [4.69, 9.17) is 4.74 Å². The van der Waals surface area contributed by atoms with Crippen molar-refractivity contribution in [1.29, 1.82) is 0 Å². The number of rotatable bonds is 6. The molecule has 31 heavy (non-hydrogen) atoms. The minimum Gasteiger partial charge on any atom is -0.488 e. The summed E-state index contributed by atoms with van der Waals surface area (Å²) in [5, 5.41) is 0.991. The van der Waals surface area contributed by atoms with Crippen LogP contribution in [0.2, 0.25) is 0 Å². The number of fused-ring (bicyclic) bond motifs is 1. The number of benzene rings is 1. The number of likely N-dealkylation sites (N-methyl/N-ethyl adjacent to an activating group) is 1. The highest BCUT2D eigenvalue weighted by Crippen LogP contribution is 2.38. The standard InChI is InChI=1S/C27H29N2O2/c1-8-22-23(9-2)29(6)26(27(22,3)4)16-12-15-25(31-7)21(18-30)20-17-28(5)24-14-11-10-13-19(20)24/h8-11,13-14,17-18H,1-2,16H2,3-7H3/q+1/b25-21-. The fourth-order valence-corrected chi connectivity index (χ4v) is 4.40. The number of aromatic nitrogens is 1. The van der Waals surface area contributed by atoms with E-state index in [0.29, 0.717) is 17.8 Å². The Morgan fingerprint density at radius 2 is 1.97 bits per heavy atom. The van der Waals surface area contributed by atoms with Gasteiger partial charge in [0.1, 0.15) is 7.05 Å². The van der Waals surface area contributed by atoms with Crippen molar-refractivity contribution in [2.24, 2.45) is 12.5 Å². The second-order valence-corrected chi connectivity index (χ2v) is 8.05. The number of methoxy groups -OCH3 is 1. The molecule has 4 nitrogen and oxygen atoms in total. The minimum absolute atomic E-state index is 0.200. The van der Waals surface area contributed by atoms with E-state index >= 15 is 0 Å². The number of aryl methyl sites for hydroxylation is 1. The summed E-state index contributed by atoms with van der Waals surface area (Å²) in [6, 6.07) is 7.96. The van der Waals surface area contributed by atoms with Gasteiger partial charge in [0.05, 0.1) is 24.5 Å². The van der Waals surface area contributed by atoms with E-state index < -0.39 is 0 Å². The van der Waals surface area contributed by atoms with Crippen molar-refractivity contribution < 1.29 is 14.1 Å². The van der Waals surface area contributed by atoms with Gasteiger partial charge in [0.2, 0.25) is 5.70 Å². The van der Waals surface area contributed by atoms with Crippen molar-refractivity contribution in [3.8, 4) is 11.8 Å². The monoisotopic (exact) mass is 413 g/mol. The van der Waals surface area contributed by atoms with E-state index in [1.807, 2.05) is 61.3 Å². The smallest absolute Gasteiger partial charge is 0.208 e. The molecule has 0 atom stereocenters. The van der Waals surface area contributed by atoms with Crippen LogP contribution in [-0.2, 0) is 16.6 Å². The predicted octanol–water partition coefficient (Wildman–Crippen LogP) is 4.88. The fraction of sp³-hybridized carbons (Fsp3) is 0.259. The van der Waals surface area contributed by atoms with Gasteiger partial charge in [-0.1, -0.05) is 43.4 Å². The summed E-state index contributed by atoms with van der Waals surface area (Å²) in [7, 11) is 5.53. The van der Waals surface area contributed by atoms with Crippen molar-refractivity contribution in [3.63, 3.8) is 0 Å². The summed E-state index contributed by atoms with van der Waals surface area (Å²) in [5.74, 6) is 6.68. The van der Waals surface area contributed by atoms with E-state index in [1.165, 1.54) is 0 Å². The van der Waals surface area contributed by atoms with Crippen molar-refractivity contribution in [3.05, 3.63) is 78.4 Å². The topological polar surface area (TPSA) is 34.2 Å². The van der Waals surface area contributed by atoms with Crippen molar-refractivity contribution in [1.82, 2.24) is 4.57 Å². The van der Waals surface area contributed by atoms with Crippen LogP contribution in [0, 0.1) is 17.3 Å². The van der Waals surface area contributed by atoms with Crippen LogP contribution in [-0.4, -0.2) is 35.3 Å². The largest absolute Gasteiger partial charge is 0.488 e. The number of carbonyl (C=O) groups excluding carboxylic acids is 1. The molecule has 0 fully saturated rings. The van der Waals surface area contributed by atoms with Gasteiger partial charge in [-0.2, -0.15) is 0 Å². The molecule has 2 heterocycles. The molecule has 0 spiro atoms. The maximum atomic E-state index is 12.0. The highest BCUT2D eigenvalue weighted by molar-refractivity contribution is 6.14. The number of carbonyl (C=O) groups is 1. The molecule has 0 aliphatic carbocycles. The molecule has 1 aliphatic heterocycles. The number of aldehydes is 1. The Kier molecular flexibility index (Phi) is 6.17. The molecular weight excluding hydrogens is 384 g/mol. The SMILES string of the molecule is C=CC1=C(C=C)C(C)(C)C(CC#C/C(OC)=C(\C=O)c2cn(C)c3ccccc23)=[N+]1C. The molecular formula is C27H29N2O2+. The molecule has 3 rings (SSSR count). The van der Waals surface area contributed by atoms with Gasteiger partial charge in [-0.15, -0.1) is 0 Å². The molecule has 1 aliphatic rings. The molecule has 0 saturated heterocycles. The first kappa shape index (κ1) is 22.1. The van der Waals surface area contributed by atoms with Crippen molar-refractivity contribution >= 4 is 28.5 Å². The van der Waals surface area contributed by atoms with Crippen LogP contribution in [0.15, 0.2) is 72.8 Å². The summed E-state index contributed by atoms with van der Waals surface area (Å²) in [5.41, 5.74) is 5.44. The quantitative estimate of drug-likeness (QED) is 0.222. The highest BCUT2D eigenvalue weighted by atomic mass is 16.5. The van der Waals surface area contributed by atoms with Crippen LogP contribution in [0.3, 0.4) is 0 Å². The minimum atomic E-state index is -0.200. The van der Waals surface area contributed by atoms with E-state index in [1.54, 1.807) is 7.11 Å². The van der Waals surface area contributed by atoms with E-state index in [2.05, 4.69) is 43.4 Å². The summed E-state index contributed by atoms with van der Waals surface area (Å²) < 4.78 is 9.67. The van der Waals surface area contributed by atoms with Gasteiger partial charge >= 0.3 is 0 Å². The van der Waals surface area contributed by atoms with Crippen LogP contribution < -0.4 is 0 Å². The van der Waals surface area contributed by atoms with Crippen LogP contribution in [0.1, 0.15) is 25.8 Å². The Labute approximate surface area is 184 Å². The molecule has 0 saturated carbocycles. The Hall–Kier alpha value is -3.58. The van der Waals surface area contributed by atoms with Gasteiger partial charge < -0.3 is 9.30 Å². The number of para-hydroxylation sites is 1. The lowest BCUT2D eigenvalue weighted by molar-refractivity contribution is -0.437. The van der Waals surface area contributed by atoms with Gasteiger partial charge in [0.15, 0.2) is 17.8 Å². The molecule has 0 unspecified atom stereocenters. The zero-order valence-electron chi connectivity index (χ0n) is 19.0. The predicted molar refractivity (Wildman–Crippen MR) is 128 cm³/mol. The summed E-state index contributed by atoms with van der Waals surface area (Å²) in [6.45, 7) is 12.2. The van der Waals surface area contributed by atoms with Gasteiger partial charge in [-0.25, -0.2) is 4.58 Å². The lowest BCUT2D eigenvalue weighted by Gasteiger charge is -2.17. The third-order valence-electron chi connectivity index (χ3n) is 6.05. The summed E-state index contributed by atoms with van der Waals surface area (Å²) in [6.07, 6.45) is 7.03. The average Bonchev–Trinajstić information content (AvgIpc) is 3.18. The summed E-state index contributed by atoms with van der Waals surface area (Å²) >= 11 is 0. The Morgan fingerprint density at radius 3 is 2.55 bits per heavy atom. The van der Waals surface area contributed by atoms with Crippen molar-refractivity contribution in [2.75, 3.05) is 14.2 Å². The molecule has 2 aromatic rings. The Bertz CT molecular complexity index is 1240. The first-order valence-corrected chi connectivity index (χ1v) is 10.2. The first-order chi connectivity index (χ1) is 14.8. The fourth-order valence-electron chi connectivity index (χ4n) is 4.40. The molecule has 0 bridgehead atoms. The van der Waals surface area contributed by atoms with Gasteiger partial charge in [0.25, 0.3) is 0 Å². The van der Waals surface area contributed by atoms with Crippen molar-refractivity contribution in [2.45, 2.75) is 20.3 Å². The number of hydrogen-bond acceptors (Lipinski definition) is 2. The third kappa shape index (κ3) is 3.68. The molecule has 158 valence electrons. The maximum Gasteiger partial charge on any atom is 0.208 e. The molecule has 0 amide bonds. The van der Waals surface area contributed by atoms with Gasteiger partial charge in [-0.3, -0.25) is 4.79 Å². The van der Waals surface area contributed by atoms with Crippen LogP contribution >= 0.6 is 0 Å². The average molecular weight is 414 g/mol. The number of nitrogens with zero attached hydrogens (tertiary/aromatic N) is 2. The maximum absolute atomic E-state index is 12.0. The lowest BCUT2D eigenvalue weighted by atomic mass is 9.79. The second-order valence-electron chi connectivity index (χ2n) is 8.05. The highest BCUT2D eigenvalue weighted by Gasteiger charge is 2.43. The molecule has 1 aromatic heterocycles. The normalized spacial score (nSPS) is 16.0. The summed E-state index contributed by atoms with van der Waals surface area (Å²) in [4.78, 5) is 12.0. The molecule has 0 radical (unpaired) electrons. The van der Waals surface area contributed by atoms with Crippen LogP contribution in [0.4, 0.5) is 0 Å². The van der Waals surface area contributed by atoms with Crippen LogP contribution in [0.25, 0.3) is 16.5 Å². The second kappa shape index (κ2) is 8.65. The Balaban J connectivity index is 2.03. The third-order valence-corrected chi connectivity index (χ3v) is 6.05.